The van der Waals surface area contributed by atoms with Gasteiger partial charge in [0.2, 0.25) is 0 Å². The molecule has 0 saturated heterocycles. The van der Waals surface area contributed by atoms with Crippen LogP contribution >= 0.6 is 19.2 Å². The third-order valence-corrected chi connectivity index (χ3v) is 4.84. The third kappa shape index (κ3) is 2.75. The van der Waals surface area contributed by atoms with Crippen LogP contribution in [0, 0.1) is 0 Å². The number of rotatable bonds is 3. The molecule has 0 saturated carbocycles. The third-order valence-electron chi connectivity index (χ3n) is 3.35. The standard InChI is InChI=1S/C15H11N2O4PS/c18-22(19,20)21-11-5-3-4-10(8-11)12-9-17-13-6-1-2-7-14(13)23-15(17)16-12/h1-9H,(H2,18,19,20). The fraction of sp³-hybridized carbons (Fsp3) is 0. The molecule has 0 amide bonds. The van der Waals surface area contributed by atoms with Crippen molar-refractivity contribution in [3.63, 3.8) is 0 Å². The monoisotopic (exact) mass is 346 g/mol. The van der Waals surface area contributed by atoms with Gasteiger partial charge in [-0.05, 0) is 24.3 Å². The number of para-hydroxylation sites is 1. The Bertz CT molecular complexity index is 1070. The van der Waals surface area contributed by atoms with Gasteiger partial charge in [0.1, 0.15) is 5.75 Å². The van der Waals surface area contributed by atoms with Crippen LogP contribution in [0.1, 0.15) is 0 Å². The van der Waals surface area contributed by atoms with Crippen LogP contribution in [0.15, 0.2) is 54.7 Å². The number of benzene rings is 2. The van der Waals surface area contributed by atoms with E-state index in [0.717, 1.165) is 26.4 Å². The average Bonchev–Trinajstić information content (AvgIpc) is 3.03. The van der Waals surface area contributed by atoms with Gasteiger partial charge in [0.25, 0.3) is 0 Å². The van der Waals surface area contributed by atoms with E-state index in [-0.39, 0.29) is 5.75 Å². The summed E-state index contributed by atoms with van der Waals surface area (Å²) in [6, 6.07) is 14.6. The number of thiazole rings is 1. The first-order valence-electron chi connectivity index (χ1n) is 6.72. The first-order chi connectivity index (χ1) is 11.0. The Kier molecular flexibility index (Phi) is 3.25. The van der Waals surface area contributed by atoms with Crippen molar-refractivity contribution in [3.8, 4) is 17.0 Å². The number of phosphoric ester groups is 1. The second-order valence-corrected chi connectivity index (χ2v) is 7.13. The summed E-state index contributed by atoms with van der Waals surface area (Å²) >= 11 is 1.59. The minimum Gasteiger partial charge on any atom is -0.404 e. The van der Waals surface area contributed by atoms with Gasteiger partial charge in [-0.3, -0.25) is 14.2 Å². The van der Waals surface area contributed by atoms with Gasteiger partial charge < -0.3 is 4.52 Å². The van der Waals surface area contributed by atoms with Crippen LogP contribution < -0.4 is 4.52 Å². The van der Waals surface area contributed by atoms with Gasteiger partial charge in [-0.2, -0.15) is 0 Å². The molecule has 4 rings (SSSR count). The number of aromatic nitrogens is 2. The van der Waals surface area contributed by atoms with Gasteiger partial charge >= 0.3 is 7.82 Å². The van der Waals surface area contributed by atoms with Crippen LogP contribution in [0.5, 0.6) is 5.75 Å². The largest absolute Gasteiger partial charge is 0.524 e. The molecule has 0 atom stereocenters. The van der Waals surface area contributed by atoms with Crippen LogP contribution in [0.25, 0.3) is 26.4 Å². The van der Waals surface area contributed by atoms with Gasteiger partial charge in [-0.1, -0.05) is 35.6 Å². The quantitative estimate of drug-likeness (QED) is 0.553. The zero-order chi connectivity index (χ0) is 16.0. The smallest absolute Gasteiger partial charge is 0.404 e. The molecule has 2 N–H and O–H groups in total. The number of phosphoric acid groups is 1. The van der Waals surface area contributed by atoms with Crippen molar-refractivity contribution in [1.29, 1.82) is 0 Å². The minimum absolute atomic E-state index is 0.108. The molecular weight excluding hydrogens is 335 g/mol. The van der Waals surface area contributed by atoms with Crippen molar-refractivity contribution in [2.24, 2.45) is 0 Å². The fourth-order valence-corrected chi connectivity index (χ4v) is 3.83. The van der Waals surface area contributed by atoms with E-state index < -0.39 is 7.82 Å². The fourth-order valence-electron chi connectivity index (χ4n) is 2.44. The summed E-state index contributed by atoms with van der Waals surface area (Å²) in [5, 5.41) is 0. The molecule has 8 heteroatoms. The average molecular weight is 346 g/mol. The van der Waals surface area contributed by atoms with Crippen molar-refractivity contribution in [3.05, 3.63) is 54.7 Å². The summed E-state index contributed by atoms with van der Waals surface area (Å²) in [6.45, 7) is 0. The zero-order valence-electron chi connectivity index (χ0n) is 11.7. The molecule has 0 spiro atoms. The van der Waals surface area contributed by atoms with Gasteiger partial charge in [0.15, 0.2) is 4.96 Å². The van der Waals surface area contributed by atoms with E-state index >= 15 is 0 Å². The van der Waals surface area contributed by atoms with Crippen molar-refractivity contribution >= 4 is 34.3 Å². The Hall–Kier alpha value is -2.18. The summed E-state index contributed by atoms with van der Waals surface area (Å²) in [5.74, 6) is 0.108. The Labute approximate surface area is 134 Å². The lowest BCUT2D eigenvalue weighted by Gasteiger charge is -2.07. The summed E-state index contributed by atoms with van der Waals surface area (Å²) in [5.41, 5.74) is 2.53. The van der Waals surface area contributed by atoms with E-state index in [4.69, 9.17) is 9.79 Å². The van der Waals surface area contributed by atoms with Crippen LogP contribution in [0.2, 0.25) is 0 Å². The normalized spacial score (nSPS) is 12.1. The molecule has 0 radical (unpaired) electrons. The SMILES string of the molecule is O=P(O)(O)Oc1cccc(-c2cn3c(n2)sc2ccccc23)c1. The number of imidazole rings is 1. The Morgan fingerprint density at radius 2 is 1.96 bits per heavy atom. The topological polar surface area (TPSA) is 84.1 Å². The lowest BCUT2D eigenvalue weighted by molar-refractivity contribution is 0.283. The predicted molar refractivity (Wildman–Crippen MR) is 88.7 cm³/mol. The van der Waals surface area contributed by atoms with Gasteiger partial charge in [-0.25, -0.2) is 9.55 Å². The van der Waals surface area contributed by atoms with Crippen molar-refractivity contribution in [2.75, 3.05) is 0 Å². The van der Waals surface area contributed by atoms with Gasteiger partial charge in [-0.15, -0.1) is 0 Å². The highest BCUT2D eigenvalue weighted by molar-refractivity contribution is 7.46. The first kappa shape index (κ1) is 14.4. The van der Waals surface area contributed by atoms with E-state index in [0.29, 0.717) is 0 Å². The van der Waals surface area contributed by atoms with E-state index in [2.05, 4.69) is 9.51 Å². The molecule has 2 aromatic carbocycles. The second kappa shape index (κ2) is 5.18. The lowest BCUT2D eigenvalue weighted by atomic mass is 10.1. The summed E-state index contributed by atoms with van der Waals surface area (Å²) in [4.78, 5) is 23.3. The lowest BCUT2D eigenvalue weighted by Crippen LogP contribution is -1.90. The number of fused-ring (bicyclic) bond motifs is 3. The number of hydrogen-bond donors (Lipinski definition) is 2. The van der Waals surface area contributed by atoms with Crippen LogP contribution in [0.4, 0.5) is 0 Å². The number of nitrogens with zero attached hydrogens (tertiary/aromatic N) is 2. The molecule has 0 unspecified atom stereocenters. The molecule has 2 heterocycles. The summed E-state index contributed by atoms with van der Waals surface area (Å²) in [6.07, 6.45) is 1.91. The maximum Gasteiger partial charge on any atom is 0.524 e. The molecule has 0 bridgehead atoms. The summed E-state index contributed by atoms with van der Waals surface area (Å²) in [7, 11) is -4.57. The molecule has 116 valence electrons. The van der Waals surface area contributed by atoms with Crippen LogP contribution in [-0.4, -0.2) is 19.2 Å². The van der Waals surface area contributed by atoms with Crippen molar-refractivity contribution in [1.82, 2.24) is 9.38 Å². The highest BCUT2D eigenvalue weighted by Crippen LogP contribution is 2.38. The minimum atomic E-state index is -4.57. The highest BCUT2D eigenvalue weighted by atomic mass is 32.1. The zero-order valence-corrected chi connectivity index (χ0v) is 13.4. The second-order valence-electron chi connectivity index (χ2n) is 4.96. The molecule has 23 heavy (non-hydrogen) atoms. The molecular formula is C15H11N2O4PS. The van der Waals surface area contributed by atoms with Gasteiger partial charge in [0, 0.05) is 11.8 Å². The van der Waals surface area contributed by atoms with Crippen LogP contribution in [0.3, 0.4) is 0 Å². The predicted octanol–water partition coefficient (Wildman–Crippen LogP) is 3.69. The Morgan fingerprint density at radius 1 is 1.13 bits per heavy atom. The molecule has 0 aliphatic rings. The Balaban J connectivity index is 1.80. The van der Waals surface area contributed by atoms with Gasteiger partial charge in [0.05, 0.1) is 15.9 Å². The molecule has 0 fully saturated rings. The maximum atomic E-state index is 10.9. The molecule has 4 aromatic rings. The summed E-state index contributed by atoms with van der Waals surface area (Å²) < 4.78 is 18.7. The van der Waals surface area contributed by atoms with E-state index in [1.54, 1.807) is 23.5 Å². The Morgan fingerprint density at radius 3 is 2.78 bits per heavy atom. The molecule has 2 aromatic heterocycles. The number of hydrogen-bond acceptors (Lipinski definition) is 4. The van der Waals surface area contributed by atoms with E-state index in [9.17, 15) is 4.57 Å². The van der Waals surface area contributed by atoms with Crippen molar-refractivity contribution in [2.45, 2.75) is 0 Å². The van der Waals surface area contributed by atoms with Crippen molar-refractivity contribution < 1.29 is 18.9 Å². The highest BCUT2D eigenvalue weighted by Gasteiger charge is 2.17. The van der Waals surface area contributed by atoms with E-state index in [1.165, 1.54) is 6.07 Å². The molecule has 6 nitrogen and oxygen atoms in total. The first-order valence-corrected chi connectivity index (χ1v) is 9.06. The maximum absolute atomic E-state index is 10.9. The molecule has 0 aliphatic carbocycles. The molecule has 0 aliphatic heterocycles. The van der Waals surface area contributed by atoms with E-state index in [1.807, 2.05) is 40.9 Å². The van der Waals surface area contributed by atoms with Crippen LogP contribution in [-0.2, 0) is 4.57 Å².